The molecule has 5 nitrogen and oxygen atoms in total. The summed E-state index contributed by atoms with van der Waals surface area (Å²) in [6.45, 7) is 5.18. The van der Waals surface area contributed by atoms with Gasteiger partial charge in [0.15, 0.2) is 5.96 Å². The number of thiazole rings is 1. The average molecular weight is 464 g/mol. The number of nitrogens with zero attached hydrogens (tertiary/aromatic N) is 2. The van der Waals surface area contributed by atoms with Gasteiger partial charge in [-0.05, 0) is 38.1 Å². The number of benzene rings is 1. The molecule has 0 fully saturated rings. The minimum atomic E-state index is -0.273. The van der Waals surface area contributed by atoms with E-state index in [1.54, 1.807) is 30.5 Å². The van der Waals surface area contributed by atoms with Crippen LogP contribution in [0.25, 0.3) is 0 Å². The Kier molecular flexibility index (Phi) is 8.98. The van der Waals surface area contributed by atoms with Crippen LogP contribution in [-0.4, -0.2) is 30.6 Å². The molecule has 0 bridgehead atoms. The Balaban J connectivity index is 0.00000288. The lowest BCUT2D eigenvalue weighted by Gasteiger charge is -2.17. The van der Waals surface area contributed by atoms with E-state index in [1.807, 2.05) is 20.0 Å². The first-order valence-electron chi connectivity index (χ1n) is 7.35. The number of nitrogens with one attached hydrogen (secondary N) is 2. The third kappa shape index (κ3) is 7.00. The van der Waals surface area contributed by atoms with E-state index in [-0.39, 0.29) is 35.9 Å². The zero-order valence-corrected chi connectivity index (χ0v) is 17.0. The number of aryl methyl sites for hydroxylation is 1. The van der Waals surface area contributed by atoms with Crippen LogP contribution in [0.5, 0.6) is 5.75 Å². The topological polar surface area (TPSA) is 58.5 Å². The lowest BCUT2D eigenvalue weighted by atomic mass is 10.3. The highest BCUT2D eigenvalue weighted by atomic mass is 127. The van der Waals surface area contributed by atoms with Crippen molar-refractivity contribution >= 4 is 41.3 Å². The lowest BCUT2D eigenvalue weighted by Crippen LogP contribution is -2.41. The maximum Gasteiger partial charge on any atom is 0.191 e. The minimum Gasteiger partial charge on any atom is -0.489 e. The number of hydrogen-bond acceptors (Lipinski definition) is 4. The van der Waals surface area contributed by atoms with Gasteiger partial charge in [0.1, 0.15) is 22.7 Å². The lowest BCUT2D eigenvalue weighted by molar-refractivity contribution is 0.223. The molecule has 0 saturated heterocycles. The summed E-state index contributed by atoms with van der Waals surface area (Å²) in [4.78, 5) is 9.65. The fraction of sp³-hybridized carbons (Fsp3) is 0.375. The normalized spacial score (nSPS) is 12.2. The van der Waals surface area contributed by atoms with Gasteiger partial charge in [-0.1, -0.05) is 0 Å². The Morgan fingerprint density at radius 2 is 2.04 bits per heavy atom. The van der Waals surface area contributed by atoms with Crippen molar-refractivity contribution in [2.24, 2.45) is 4.99 Å². The Bertz CT molecular complexity index is 648. The summed E-state index contributed by atoms with van der Waals surface area (Å²) in [6, 6.07) is 5.99. The van der Waals surface area contributed by atoms with Crippen molar-refractivity contribution < 1.29 is 9.13 Å². The molecule has 0 aliphatic heterocycles. The Hall–Kier alpha value is -1.42. The van der Waals surface area contributed by atoms with Gasteiger partial charge in [0.25, 0.3) is 0 Å². The molecule has 24 heavy (non-hydrogen) atoms. The Labute approximate surface area is 162 Å². The number of aromatic nitrogens is 1. The van der Waals surface area contributed by atoms with E-state index in [2.05, 4.69) is 20.6 Å². The SMILES string of the molecule is CN=C(NCc1ncc(C)s1)NCC(C)Oc1ccc(F)cc1.I. The van der Waals surface area contributed by atoms with E-state index in [0.717, 1.165) is 5.01 Å². The van der Waals surface area contributed by atoms with Gasteiger partial charge in [-0.2, -0.15) is 0 Å². The number of ether oxygens (including phenoxy) is 1. The number of aliphatic imine (C=N–C) groups is 1. The standard InChI is InChI=1S/C16H21FN4OS.HI/c1-11(22-14-6-4-13(17)5-7-14)8-20-16(18-3)21-10-15-19-9-12(2)23-15;/h4-7,9,11H,8,10H2,1-3H3,(H2,18,20,21);1H. The number of rotatable bonds is 6. The molecule has 8 heteroatoms. The fourth-order valence-corrected chi connectivity index (χ4v) is 2.62. The summed E-state index contributed by atoms with van der Waals surface area (Å²) in [7, 11) is 1.72. The van der Waals surface area contributed by atoms with Gasteiger partial charge in [0.2, 0.25) is 0 Å². The van der Waals surface area contributed by atoms with Crippen LogP contribution in [0.3, 0.4) is 0 Å². The van der Waals surface area contributed by atoms with Crippen LogP contribution in [0.1, 0.15) is 16.8 Å². The number of halogens is 2. The first-order chi connectivity index (χ1) is 11.1. The highest BCUT2D eigenvalue weighted by Gasteiger charge is 2.07. The van der Waals surface area contributed by atoms with Crippen molar-refractivity contribution in [2.75, 3.05) is 13.6 Å². The monoisotopic (exact) mass is 464 g/mol. The molecule has 2 N–H and O–H groups in total. The summed E-state index contributed by atoms with van der Waals surface area (Å²) in [5.41, 5.74) is 0. The van der Waals surface area contributed by atoms with E-state index >= 15 is 0 Å². The molecule has 1 atom stereocenters. The van der Waals surface area contributed by atoms with E-state index in [0.29, 0.717) is 24.8 Å². The van der Waals surface area contributed by atoms with E-state index in [1.165, 1.54) is 17.0 Å². The molecule has 0 aliphatic rings. The third-order valence-electron chi connectivity index (χ3n) is 3.01. The first-order valence-corrected chi connectivity index (χ1v) is 8.16. The molecular formula is C16H22FIN4OS. The maximum atomic E-state index is 12.9. The van der Waals surface area contributed by atoms with Crippen molar-refractivity contribution in [3.05, 3.63) is 46.2 Å². The van der Waals surface area contributed by atoms with E-state index < -0.39 is 0 Å². The quantitative estimate of drug-likeness (QED) is 0.391. The van der Waals surface area contributed by atoms with Crippen LogP contribution in [-0.2, 0) is 6.54 Å². The molecule has 1 unspecified atom stereocenters. The molecule has 1 heterocycles. The van der Waals surface area contributed by atoms with Gasteiger partial charge in [-0.25, -0.2) is 9.37 Å². The van der Waals surface area contributed by atoms with Crippen molar-refractivity contribution in [3.8, 4) is 5.75 Å². The van der Waals surface area contributed by atoms with Crippen LogP contribution in [0.15, 0.2) is 35.5 Å². The second kappa shape index (κ2) is 10.4. The molecular weight excluding hydrogens is 442 g/mol. The van der Waals surface area contributed by atoms with E-state index in [9.17, 15) is 4.39 Å². The van der Waals surface area contributed by atoms with Gasteiger partial charge in [-0.3, -0.25) is 4.99 Å². The average Bonchev–Trinajstić information content (AvgIpc) is 2.95. The number of hydrogen-bond donors (Lipinski definition) is 2. The van der Waals surface area contributed by atoms with Crippen LogP contribution < -0.4 is 15.4 Å². The molecule has 0 aliphatic carbocycles. The largest absolute Gasteiger partial charge is 0.489 e. The summed E-state index contributed by atoms with van der Waals surface area (Å²) in [5, 5.41) is 7.42. The smallest absolute Gasteiger partial charge is 0.191 e. The molecule has 0 spiro atoms. The van der Waals surface area contributed by atoms with Crippen molar-refractivity contribution in [1.82, 2.24) is 15.6 Å². The summed E-state index contributed by atoms with van der Waals surface area (Å²) < 4.78 is 18.6. The van der Waals surface area contributed by atoms with Crippen molar-refractivity contribution in [1.29, 1.82) is 0 Å². The first kappa shape index (κ1) is 20.6. The van der Waals surface area contributed by atoms with Gasteiger partial charge in [0.05, 0.1) is 13.1 Å². The van der Waals surface area contributed by atoms with Crippen LogP contribution >= 0.6 is 35.3 Å². The Morgan fingerprint density at radius 3 is 2.62 bits per heavy atom. The molecule has 0 saturated carbocycles. The zero-order valence-electron chi connectivity index (χ0n) is 13.9. The molecule has 132 valence electrons. The zero-order chi connectivity index (χ0) is 16.7. The minimum absolute atomic E-state index is 0. The Morgan fingerprint density at radius 1 is 1.33 bits per heavy atom. The van der Waals surface area contributed by atoms with Gasteiger partial charge >= 0.3 is 0 Å². The maximum absolute atomic E-state index is 12.9. The molecule has 1 aromatic heterocycles. The highest BCUT2D eigenvalue weighted by Crippen LogP contribution is 2.13. The molecule has 0 radical (unpaired) electrons. The summed E-state index contributed by atoms with van der Waals surface area (Å²) >= 11 is 1.66. The predicted octanol–water partition coefficient (Wildman–Crippen LogP) is 3.34. The third-order valence-corrected chi connectivity index (χ3v) is 3.92. The van der Waals surface area contributed by atoms with Crippen LogP contribution in [0.4, 0.5) is 4.39 Å². The second-order valence-corrected chi connectivity index (χ2v) is 6.37. The van der Waals surface area contributed by atoms with E-state index in [4.69, 9.17) is 4.74 Å². The molecule has 2 aromatic rings. The highest BCUT2D eigenvalue weighted by molar-refractivity contribution is 14.0. The van der Waals surface area contributed by atoms with Crippen LogP contribution in [0, 0.1) is 12.7 Å². The summed E-state index contributed by atoms with van der Waals surface area (Å²) in [5.74, 6) is 1.06. The van der Waals surface area contributed by atoms with Gasteiger partial charge < -0.3 is 15.4 Å². The van der Waals surface area contributed by atoms with Gasteiger partial charge in [-0.15, -0.1) is 35.3 Å². The van der Waals surface area contributed by atoms with Gasteiger partial charge in [0, 0.05) is 18.1 Å². The van der Waals surface area contributed by atoms with Crippen molar-refractivity contribution in [3.63, 3.8) is 0 Å². The molecule has 2 rings (SSSR count). The fourth-order valence-electron chi connectivity index (χ4n) is 1.89. The second-order valence-electron chi connectivity index (χ2n) is 5.05. The number of guanidine groups is 1. The molecule has 0 amide bonds. The van der Waals surface area contributed by atoms with Crippen molar-refractivity contribution in [2.45, 2.75) is 26.5 Å². The van der Waals surface area contributed by atoms with Crippen LogP contribution in [0.2, 0.25) is 0 Å². The summed E-state index contributed by atoms with van der Waals surface area (Å²) in [6.07, 6.45) is 1.78. The predicted molar refractivity (Wildman–Crippen MR) is 107 cm³/mol. The molecule has 1 aromatic carbocycles.